The van der Waals surface area contributed by atoms with Gasteiger partial charge in [-0.15, -0.1) is 11.8 Å². The highest BCUT2D eigenvalue weighted by Crippen LogP contribution is 2.49. The van der Waals surface area contributed by atoms with E-state index >= 15 is 0 Å². The maximum atomic E-state index is 4.41. The van der Waals surface area contributed by atoms with Crippen molar-refractivity contribution in [3.8, 4) is 0 Å². The van der Waals surface area contributed by atoms with E-state index in [-0.39, 0.29) is 0 Å². The van der Waals surface area contributed by atoms with Gasteiger partial charge in [0, 0.05) is 10.6 Å². The Morgan fingerprint density at radius 3 is 2.43 bits per heavy atom. The van der Waals surface area contributed by atoms with Crippen LogP contribution in [0.1, 0.15) is 18.4 Å². The molecule has 1 aromatic carbocycles. The summed E-state index contributed by atoms with van der Waals surface area (Å²) in [5, 5.41) is 0. The summed E-state index contributed by atoms with van der Waals surface area (Å²) < 4.78 is 0. The molecule has 2 heteroatoms. The summed E-state index contributed by atoms with van der Waals surface area (Å²) in [6.45, 7) is 2.13. The van der Waals surface area contributed by atoms with Crippen LogP contribution in [0.3, 0.4) is 0 Å². The standard InChI is InChI=1S/C12H16S2/c1-10-2-4-11(5-3-10)14-9-12(8-13)6-7-12/h2-5,13H,6-9H2,1H3. The molecule has 1 saturated carbocycles. The van der Waals surface area contributed by atoms with Crippen molar-refractivity contribution in [3.63, 3.8) is 0 Å². The van der Waals surface area contributed by atoms with Gasteiger partial charge in [0.05, 0.1) is 0 Å². The van der Waals surface area contributed by atoms with Gasteiger partial charge in [0.25, 0.3) is 0 Å². The van der Waals surface area contributed by atoms with Crippen molar-refractivity contribution in [2.24, 2.45) is 5.41 Å². The van der Waals surface area contributed by atoms with Gasteiger partial charge in [-0.1, -0.05) is 17.7 Å². The molecule has 0 unspecified atom stereocenters. The summed E-state index contributed by atoms with van der Waals surface area (Å²) in [5.74, 6) is 2.28. The predicted molar refractivity (Wildman–Crippen MR) is 67.4 cm³/mol. The maximum Gasteiger partial charge on any atom is 0.00723 e. The number of aryl methyl sites for hydroxylation is 1. The summed E-state index contributed by atoms with van der Waals surface area (Å²) in [6.07, 6.45) is 2.74. The Labute approximate surface area is 95.9 Å². The van der Waals surface area contributed by atoms with Crippen molar-refractivity contribution in [1.29, 1.82) is 0 Å². The predicted octanol–water partition coefficient (Wildman–Crippen LogP) is 3.80. The lowest BCUT2D eigenvalue weighted by atomic mass is 10.2. The van der Waals surface area contributed by atoms with Gasteiger partial charge < -0.3 is 0 Å². The second-order valence-electron chi connectivity index (χ2n) is 4.26. The lowest BCUT2D eigenvalue weighted by molar-refractivity contribution is 0.683. The number of hydrogen-bond donors (Lipinski definition) is 1. The third kappa shape index (κ3) is 2.48. The second-order valence-corrected chi connectivity index (χ2v) is 5.62. The Kier molecular flexibility index (Phi) is 3.13. The molecule has 1 aromatic rings. The molecular formula is C12H16S2. The van der Waals surface area contributed by atoms with Crippen LogP contribution in [0.4, 0.5) is 0 Å². The van der Waals surface area contributed by atoms with Crippen molar-refractivity contribution in [2.45, 2.75) is 24.7 Å². The van der Waals surface area contributed by atoms with Crippen LogP contribution in [-0.4, -0.2) is 11.5 Å². The van der Waals surface area contributed by atoms with Gasteiger partial charge in [-0.25, -0.2) is 0 Å². The first-order chi connectivity index (χ1) is 6.74. The van der Waals surface area contributed by atoms with Crippen LogP contribution in [0.25, 0.3) is 0 Å². The zero-order valence-electron chi connectivity index (χ0n) is 8.49. The van der Waals surface area contributed by atoms with Crippen LogP contribution >= 0.6 is 24.4 Å². The fourth-order valence-electron chi connectivity index (χ4n) is 1.40. The van der Waals surface area contributed by atoms with E-state index in [1.54, 1.807) is 0 Å². The van der Waals surface area contributed by atoms with Crippen LogP contribution in [0, 0.1) is 12.3 Å². The van der Waals surface area contributed by atoms with Crippen LogP contribution in [-0.2, 0) is 0 Å². The Morgan fingerprint density at radius 2 is 1.93 bits per heavy atom. The summed E-state index contributed by atoms with van der Waals surface area (Å²) in [7, 11) is 0. The number of thioether (sulfide) groups is 1. The number of thiol groups is 1. The van der Waals surface area contributed by atoms with E-state index in [2.05, 4.69) is 43.8 Å². The maximum absolute atomic E-state index is 4.41. The molecule has 0 nitrogen and oxygen atoms in total. The van der Waals surface area contributed by atoms with E-state index in [1.807, 2.05) is 11.8 Å². The van der Waals surface area contributed by atoms with Crippen molar-refractivity contribution in [2.75, 3.05) is 11.5 Å². The Hall–Kier alpha value is -0.0800. The molecule has 2 rings (SSSR count). The highest BCUT2D eigenvalue weighted by molar-refractivity contribution is 7.99. The van der Waals surface area contributed by atoms with E-state index in [1.165, 1.54) is 29.1 Å². The minimum Gasteiger partial charge on any atom is -0.179 e. The van der Waals surface area contributed by atoms with Crippen LogP contribution < -0.4 is 0 Å². The Bertz CT molecular complexity index is 299. The first kappa shape index (κ1) is 10.4. The molecule has 0 radical (unpaired) electrons. The molecule has 0 heterocycles. The molecule has 0 saturated heterocycles. The van der Waals surface area contributed by atoms with Gasteiger partial charge in [-0.3, -0.25) is 0 Å². The van der Waals surface area contributed by atoms with Crippen LogP contribution in [0.15, 0.2) is 29.2 Å². The molecule has 0 atom stereocenters. The number of hydrogen-bond acceptors (Lipinski definition) is 2. The van der Waals surface area contributed by atoms with E-state index < -0.39 is 0 Å². The fraction of sp³-hybridized carbons (Fsp3) is 0.500. The summed E-state index contributed by atoms with van der Waals surface area (Å²) in [6, 6.07) is 8.80. The van der Waals surface area contributed by atoms with Gasteiger partial charge in [0.15, 0.2) is 0 Å². The van der Waals surface area contributed by atoms with Gasteiger partial charge in [-0.2, -0.15) is 12.6 Å². The second kappa shape index (κ2) is 4.19. The largest absolute Gasteiger partial charge is 0.179 e. The molecule has 14 heavy (non-hydrogen) atoms. The molecule has 76 valence electrons. The van der Waals surface area contributed by atoms with Crippen LogP contribution in [0.2, 0.25) is 0 Å². The fourth-order valence-corrected chi connectivity index (χ4v) is 3.17. The van der Waals surface area contributed by atoms with Gasteiger partial charge in [-0.05, 0) is 43.1 Å². The molecule has 0 N–H and O–H groups in total. The first-order valence-electron chi connectivity index (χ1n) is 5.04. The first-order valence-corrected chi connectivity index (χ1v) is 6.66. The molecule has 1 aliphatic carbocycles. The molecule has 0 aliphatic heterocycles. The molecule has 0 amide bonds. The highest BCUT2D eigenvalue weighted by atomic mass is 32.2. The topological polar surface area (TPSA) is 0 Å². The highest BCUT2D eigenvalue weighted by Gasteiger charge is 2.40. The number of benzene rings is 1. The van der Waals surface area contributed by atoms with Gasteiger partial charge >= 0.3 is 0 Å². The zero-order valence-corrected chi connectivity index (χ0v) is 10.2. The van der Waals surface area contributed by atoms with Gasteiger partial charge in [0.2, 0.25) is 0 Å². The minimum atomic E-state index is 0.568. The lowest BCUT2D eigenvalue weighted by Gasteiger charge is -2.10. The third-order valence-corrected chi connectivity index (χ3v) is 4.89. The summed E-state index contributed by atoms with van der Waals surface area (Å²) >= 11 is 6.39. The Balaban J connectivity index is 1.89. The molecule has 0 spiro atoms. The average molecular weight is 224 g/mol. The van der Waals surface area contributed by atoms with E-state index in [4.69, 9.17) is 0 Å². The number of rotatable bonds is 4. The quantitative estimate of drug-likeness (QED) is 0.599. The monoisotopic (exact) mass is 224 g/mol. The SMILES string of the molecule is Cc1ccc(SCC2(CS)CC2)cc1. The van der Waals surface area contributed by atoms with E-state index in [9.17, 15) is 0 Å². The van der Waals surface area contributed by atoms with Crippen LogP contribution in [0.5, 0.6) is 0 Å². The smallest absolute Gasteiger partial charge is 0.00723 e. The summed E-state index contributed by atoms with van der Waals surface area (Å²) in [5.41, 5.74) is 1.91. The van der Waals surface area contributed by atoms with Gasteiger partial charge in [0.1, 0.15) is 0 Å². The van der Waals surface area contributed by atoms with Crippen molar-refractivity contribution < 1.29 is 0 Å². The molecular weight excluding hydrogens is 208 g/mol. The van der Waals surface area contributed by atoms with Crippen molar-refractivity contribution in [1.82, 2.24) is 0 Å². The molecule has 0 bridgehead atoms. The zero-order chi connectivity index (χ0) is 10.0. The van der Waals surface area contributed by atoms with Crippen molar-refractivity contribution in [3.05, 3.63) is 29.8 Å². The van der Waals surface area contributed by atoms with Crippen molar-refractivity contribution >= 4 is 24.4 Å². The normalized spacial score (nSPS) is 18.1. The summed E-state index contributed by atoms with van der Waals surface area (Å²) in [4.78, 5) is 1.39. The molecule has 1 aliphatic rings. The van der Waals surface area contributed by atoms with E-state index in [0.29, 0.717) is 5.41 Å². The lowest BCUT2D eigenvalue weighted by Crippen LogP contribution is -2.05. The van der Waals surface area contributed by atoms with E-state index in [0.717, 1.165) is 5.75 Å². The molecule has 1 fully saturated rings. The minimum absolute atomic E-state index is 0.568. The average Bonchev–Trinajstić information content (AvgIpc) is 2.98. The Morgan fingerprint density at radius 1 is 1.29 bits per heavy atom. The molecule has 0 aromatic heterocycles. The third-order valence-electron chi connectivity index (χ3n) is 2.86.